The fourth-order valence-corrected chi connectivity index (χ4v) is 4.70. The van der Waals surface area contributed by atoms with Crippen LogP contribution in [0.3, 0.4) is 0 Å². The van der Waals surface area contributed by atoms with Crippen molar-refractivity contribution in [3.8, 4) is 17.2 Å². The minimum Gasteiger partial charge on any atom is -0.408 e. The van der Waals surface area contributed by atoms with Crippen molar-refractivity contribution in [3.05, 3.63) is 58.6 Å². The Bertz CT molecular complexity index is 1170. The molecule has 8 heteroatoms. The van der Waals surface area contributed by atoms with E-state index in [-0.39, 0.29) is 16.9 Å². The van der Waals surface area contributed by atoms with Crippen molar-refractivity contribution >= 4 is 28.8 Å². The molecule has 1 fully saturated rings. The van der Waals surface area contributed by atoms with Gasteiger partial charge in [0.1, 0.15) is 6.04 Å². The van der Waals surface area contributed by atoms with Gasteiger partial charge in [0.15, 0.2) is 5.58 Å². The molecule has 0 aliphatic carbocycles. The van der Waals surface area contributed by atoms with E-state index in [0.29, 0.717) is 18.5 Å². The maximum atomic E-state index is 12.5. The van der Waals surface area contributed by atoms with E-state index in [1.807, 2.05) is 36.4 Å². The van der Waals surface area contributed by atoms with Gasteiger partial charge in [0.25, 0.3) is 0 Å². The summed E-state index contributed by atoms with van der Waals surface area (Å²) in [5, 5.41) is 15.5. The minimum atomic E-state index is -0.570. The first-order chi connectivity index (χ1) is 15.0. The standard InChI is InChI=1S/C23H24N4O3S/c1-27-19-12-17(7-8-20(19)30-23(27)29)16-5-3-15(4-6-16)11-18(13-24)26-22(28)21-14-25-9-2-10-31-21/h3-8,12,18,21,25H,2,9-11,14H2,1H3,(H,26,28)/t18-,21?/m0/s1. The van der Waals surface area contributed by atoms with Gasteiger partial charge in [0.05, 0.1) is 16.8 Å². The van der Waals surface area contributed by atoms with Crippen LogP contribution < -0.4 is 16.4 Å². The number of nitrogens with one attached hydrogen (secondary N) is 2. The first-order valence-corrected chi connectivity index (χ1v) is 11.3. The van der Waals surface area contributed by atoms with Gasteiger partial charge in [-0.1, -0.05) is 30.3 Å². The average molecular weight is 437 g/mol. The van der Waals surface area contributed by atoms with Gasteiger partial charge in [-0.3, -0.25) is 9.36 Å². The van der Waals surface area contributed by atoms with Gasteiger partial charge in [-0.25, -0.2) is 4.79 Å². The topological polar surface area (TPSA) is 100 Å². The fourth-order valence-electron chi connectivity index (χ4n) is 3.65. The monoisotopic (exact) mass is 436 g/mol. The number of carbonyl (C=O) groups is 1. The molecular weight excluding hydrogens is 412 g/mol. The number of amides is 1. The lowest BCUT2D eigenvalue weighted by atomic mass is 10.0. The van der Waals surface area contributed by atoms with Crippen LogP contribution in [0.25, 0.3) is 22.2 Å². The molecule has 1 aromatic heterocycles. The number of aromatic nitrogens is 1. The summed E-state index contributed by atoms with van der Waals surface area (Å²) in [6, 6.07) is 15.2. The van der Waals surface area contributed by atoms with Crippen LogP contribution in [0.1, 0.15) is 12.0 Å². The van der Waals surface area contributed by atoms with Crippen molar-refractivity contribution in [2.24, 2.45) is 7.05 Å². The quantitative estimate of drug-likeness (QED) is 0.637. The molecule has 2 aromatic carbocycles. The van der Waals surface area contributed by atoms with Crippen molar-refractivity contribution in [3.63, 3.8) is 0 Å². The Labute approximate surface area is 184 Å². The zero-order chi connectivity index (χ0) is 21.8. The molecule has 2 heterocycles. The van der Waals surface area contributed by atoms with Gasteiger partial charge in [0.2, 0.25) is 5.91 Å². The maximum absolute atomic E-state index is 12.5. The molecule has 0 spiro atoms. The van der Waals surface area contributed by atoms with E-state index in [2.05, 4.69) is 16.7 Å². The molecule has 1 aliphatic heterocycles. The zero-order valence-electron chi connectivity index (χ0n) is 17.3. The highest BCUT2D eigenvalue weighted by molar-refractivity contribution is 8.00. The first-order valence-electron chi connectivity index (χ1n) is 10.3. The number of fused-ring (bicyclic) bond motifs is 1. The number of oxazole rings is 1. The van der Waals surface area contributed by atoms with E-state index in [1.165, 1.54) is 4.57 Å². The Hall–Kier alpha value is -3.02. The summed E-state index contributed by atoms with van der Waals surface area (Å²) in [6.45, 7) is 1.56. The van der Waals surface area contributed by atoms with Gasteiger partial charge >= 0.3 is 5.76 Å². The summed E-state index contributed by atoms with van der Waals surface area (Å²) >= 11 is 1.64. The van der Waals surface area contributed by atoms with E-state index >= 15 is 0 Å². The van der Waals surface area contributed by atoms with Crippen LogP contribution in [-0.4, -0.2) is 40.6 Å². The van der Waals surface area contributed by atoms with Gasteiger partial charge < -0.3 is 15.1 Å². The smallest absolute Gasteiger partial charge is 0.408 e. The Morgan fingerprint density at radius 3 is 2.87 bits per heavy atom. The summed E-state index contributed by atoms with van der Waals surface area (Å²) < 4.78 is 6.67. The normalized spacial score (nSPS) is 17.6. The summed E-state index contributed by atoms with van der Waals surface area (Å²) in [4.78, 5) is 24.2. The highest BCUT2D eigenvalue weighted by Crippen LogP contribution is 2.24. The number of rotatable bonds is 5. The van der Waals surface area contributed by atoms with Crippen LogP contribution in [0, 0.1) is 11.3 Å². The third kappa shape index (κ3) is 4.84. The lowest BCUT2D eigenvalue weighted by Gasteiger charge is -2.17. The molecule has 2 N–H and O–H groups in total. The number of hydrogen-bond donors (Lipinski definition) is 2. The molecule has 1 aliphatic rings. The molecule has 1 amide bonds. The van der Waals surface area contributed by atoms with E-state index in [9.17, 15) is 14.9 Å². The van der Waals surface area contributed by atoms with Crippen LogP contribution in [0.15, 0.2) is 51.7 Å². The van der Waals surface area contributed by atoms with Gasteiger partial charge in [-0.05, 0) is 47.5 Å². The lowest BCUT2D eigenvalue weighted by molar-refractivity contribution is -0.120. The number of nitrogens with zero attached hydrogens (tertiary/aromatic N) is 2. The van der Waals surface area contributed by atoms with E-state index in [4.69, 9.17) is 4.42 Å². The molecule has 4 rings (SSSR count). The number of thioether (sulfide) groups is 1. The first kappa shape index (κ1) is 21.2. The molecule has 3 aromatic rings. The van der Waals surface area contributed by atoms with Crippen LogP contribution in [0.2, 0.25) is 0 Å². The molecular formula is C23H24N4O3S. The van der Waals surface area contributed by atoms with Crippen molar-refractivity contribution in [2.75, 3.05) is 18.8 Å². The summed E-state index contributed by atoms with van der Waals surface area (Å²) in [5.74, 6) is 0.481. The predicted octanol–water partition coefficient (Wildman–Crippen LogP) is 2.44. The van der Waals surface area contributed by atoms with Crippen LogP contribution >= 0.6 is 11.8 Å². The van der Waals surface area contributed by atoms with Gasteiger partial charge in [-0.15, -0.1) is 11.8 Å². The molecule has 2 atom stereocenters. The molecule has 1 unspecified atom stereocenters. The van der Waals surface area contributed by atoms with Crippen molar-refractivity contribution < 1.29 is 9.21 Å². The third-order valence-corrected chi connectivity index (χ3v) is 6.74. The predicted molar refractivity (Wildman–Crippen MR) is 122 cm³/mol. The highest BCUT2D eigenvalue weighted by Gasteiger charge is 2.23. The Morgan fingerprint density at radius 2 is 2.10 bits per heavy atom. The fraction of sp³-hybridized carbons (Fsp3) is 0.348. The SMILES string of the molecule is Cn1c(=O)oc2ccc(-c3ccc(C[C@@H](C#N)NC(=O)C4CNCCCS4)cc3)cc21. The van der Waals surface area contributed by atoms with Crippen LogP contribution in [0.5, 0.6) is 0 Å². The van der Waals surface area contributed by atoms with Crippen molar-refractivity contribution in [1.29, 1.82) is 5.26 Å². The van der Waals surface area contributed by atoms with Crippen LogP contribution in [-0.2, 0) is 18.3 Å². The Balaban J connectivity index is 1.43. The lowest BCUT2D eigenvalue weighted by Crippen LogP contribution is -2.43. The highest BCUT2D eigenvalue weighted by atomic mass is 32.2. The van der Waals surface area contributed by atoms with Crippen LogP contribution in [0.4, 0.5) is 0 Å². The van der Waals surface area contributed by atoms with Gasteiger partial charge in [0, 0.05) is 20.0 Å². The second-order valence-corrected chi connectivity index (χ2v) is 8.93. The number of benzene rings is 2. The summed E-state index contributed by atoms with van der Waals surface area (Å²) in [6.07, 6.45) is 1.49. The van der Waals surface area contributed by atoms with Crippen molar-refractivity contribution in [1.82, 2.24) is 15.2 Å². The summed E-state index contributed by atoms with van der Waals surface area (Å²) in [5.41, 5.74) is 4.24. The molecule has 0 bridgehead atoms. The second-order valence-electron chi connectivity index (χ2n) is 7.62. The number of carbonyl (C=O) groups excluding carboxylic acids is 1. The molecule has 0 radical (unpaired) electrons. The molecule has 160 valence electrons. The molecule has 31 heavy (non-hydrogen) atoms. The number of nitriles is 1. The maximum Gasteiger partial charge on any atom is 0.419 e. The molecule has 7 nitrogen and oxygen atoms in total. The zero-order valence-corrected chi connectivity index (χ0v) is 18.1. The van der Waals surface area contributed by atoms with E-state index in [1.54, 1.807) is 24.9 Å². The average Bonchev–Trinajstić information content (AvgIpc) is 2.96. The van der Waals surface area contributed by atoms with Crippen molar-refractivity contribution in [2.45, 2.75) is 24.1 Å². The third-order valence-electron chi connectivity index (χ3n) is 5.43. The molecule has 1 saturated heterocycles. The minimum absolute atomic E-state index is 0.0819. The number of hydrogen-bond acceptors (Lipinski definition) is 6. The number of aryl methyl sites for hydroxylation is 1. The Morgan fingerprint density at radius 1 is 1.32 bits per heavy atom. The largest absolute Gasteiger partial charge is 0.419 e. The van der Waals surface area contributed by atoms with Gasteiger partial charge in [-0.2, -0.15) is 5.26 Å². The second kappa shape index (κ2) is 9.41. The van der Waals surface area contributed by atoms with E-state index < -0.39 is 6.04 Å². The molecule has 0 saturated carbocycles. The summed E-state index contributed by atoms with van der Waals surface area (Å²) in [7, 11) is 1.68. The Kier molecular flexibility index (Phi) is 6.44. The van der Waals surface area contributed by atoms with E-state index in [0.717, 1.165) is 40.9 Å².